The summed E-state index contributed by atoms with van der Waals surface area (Å²) in [5.41, 5.74) is 3.05. The van der Waals surface area contributed by atoms with Crippen LogP contribution in [0.1, 0.15) is 29.6 Å². The molecule has 2 aromatic carbocycles. The van der Waals surface area contributed by atoms with Gasteiger partial charge in [0.1, 0.15) is 6.23 Å². The molecule has 0 saturated carbocycles. The first-order valence-corrected chi connectivity index (χ1v) is 13.0. The van der Waals surface area contributed by atoms with E-state index in [0.29, 0.717) is 25.2 Å². The smallest absolute Gasteiger partial charge is 0.330 e. The van der Waals surface area contributed by atoms with Crippen molar-refractivity contribution >= 4 is 21.8 Å². The Bertz CT molecular complexity index is 1680. The third-order valence-corrected chi connectivity index (χ3v) is 7.18. The van der Waals surface area contributed by atoms with E-state index < -0.39 is 29.7 Å². The predicted octanol–water partition coefficient (Wildman–Crippen LogP) is 3.29. The van der Waals surface area contributed by atoms with Gasteiger partial charge in [0.2, 0.25) is 0 Å². The van der Waals surface area contributed by atoms with Gasteiger partial charge in [0, 0.05) is 48.6 Å². The van der Waals surface area contributed by atoms with Crippen molar-refractivity contribution < 1.29 is 9.84 Å². The number of aromatic nitrogens is 4. The Labute approximate surface area is 224 Å². The van der Waals surface area contributed by atoms with E-state index in [1.54, 1.807) is 6.92 Å². The number of aromatic amines is 1. The van der Waals surface area contributed by atoms with Gasteiger partial charge in [0.15, 0.2) is 0 Å². The van der Waals surface area contributed by atoms with Crippen LogP contribution in [-0.4, -0.2) is 48.3 Å². The highest BCUT2D eigenvalue weighted by Gasteiger charge is 2.36. The summed E-state index contributed by atoms with van der Waals surface area (Å²) in [6, 6.07) is 24.1. The fourth-order valence-corrected chi connectivity index (χ4v) is 5.14. The minimum atomic E-state index is -0.786. The largest absolute Gasteiger partial charge is 0.390 e. The molecule has 0 bridgehead atoms. The number of hydrogen-bond acceptors (Lipinski definition) is 7. The van der Waals surface area contributed by atoms with Gasteiger partial charge in [0.05, 0.1) is 34.6 Å². The number of aliphatic hydroxyl groups is 1. The van der Waals surface area contributed by atoms with Crippen molar-refractivity contribution in [1.82, 2.24) is 24.4 Å². The van der Waals surface area contributed by atoms with Crippen LogP contribution in [0, 0.1) is 6.92 Å². The third-order valence-electron chi connectivity index (χ3n) is 7.18. The van der Waals surface area contributed by atoms with E-state index >= 15 is 0 Å². The Kier molecular flexibility index (Phi) is 6.78. The zero-order valence-corrected chi connectivity index (χ0v) is 21.5. The minimum Gasteiger partial charge on any atom is -0.390 e. The number of hydrogen-bond donors (Lipinski definition) is 2. The molecule has 1 aliphatic heterocycles. The first-order chi connectivity index (χ1) is 18.9. The molecule has 9 nitrogen and oxygen atoms in total. The number of aryl methyl sites for hydroxylation is 1. The van der Waals surface area contributed by atoms with Gasteiger partial charge in [0.25, 0.3) is 5.56 Å². The summed E-state index contributed by atoms with van der Waals surface area (Å²) < 4.78 is 7.54. The first kappa shape index (κ1) is 25.1. The lowest BCUT2D eigenvalue weighted by molar-refractivity contribution is -0.0389. The van der Waals surface area contributed by atoms with E-state index in [-0.39, 0.29) is 6.42 Å². The van der Waals surface area contributed by atoms with Gasteiger partial charge in [-0.3, -0.25) is 29.2 Å². The van der Waals surface area contributed by atoms with Crippen molar-refractivity contribution in [3.8, 4) is 0 Å². The normalized spacial score (nSPS) is 19.3. The summed E-state index contributed by atoms with van der Waals surface area (Å²) in [4.78, 5) is 38.4. The molecule has 2 N–H and O–H groups in total. The number of para-hydroxylation sites is 2. The molecule has 0 radical (unpaired) electrons. The van der Waals surface area contributed by atoms with Gasteiger partial charge in [-0.25, -0.2) is 4.79 Å². The molecule has 1 saturated heterocycles. The third kappa shape index (κ3) is 5.37. The molecular weight excluding hydrogens is 494 g/mol. The number of nitrogens with zero attached hydrogens (tertiary/aromatic N) is 4. The Balaban J connectivity index is 1.27. The minimum absolute atomic E-state index is 0.242. The van der Waals surface area contributed by atoms with Crippen molar-refractivity contribution in [2.24, 2.45) is 0 Å². The van der Waals surface area contributed by atoms with E-state index in [0.717, 1.165) is 33.2 Å². The molecule has 3 aromatic heterocycles. The van der Waals surface area contributed by atoms with Gasteiger partial charge >= 0.3 is 5.69 Å². The molecule has 5 aromatic rings. The van der Waals surface area contributed by atoms with E-state index in [9.17, 15) is 14.7 Å². The van der Waals surface area contributed by atoms with Crippen LogP contribution in [-0.2, 0) is 17.8 Å². The Morgan fingerprint density at radius 3 is 2.13 bits per heavy atom. The summed E-state index contributed by atoms with van der Waals surface area (Å²) >= 11 is 0. The number of benzene rings is 2. The van der Waals surface area contributed by atoms with Crippen LogP contribution in [0.3, 0.4) is 0 Å². The van der Waals surface area contributed by atoms with Crippen LogP contribution in [0.2, 0.25) is 0 Å². The SMILES string of the molecule is Cc1cn([C@H]2C[C@H](O)[C@@H](CN(Cc3ccc4ccccc4n3)Cc3ccc4ccccc4n3)O2)c(=O)[nH]c1=O. The molecule has 0 spiro atoms. The topological polar surface area (TPSA) is 113 Å². The first-order valence-electron chi connectivity index (χ1n) is 13.0. The highest BCUT2D eigenvalue weighted by Crippen LogP contribution is 2.29. The molecule has 0 unspecified atom stereocenters. The fraction of sp³-hybridized carbons (Fsp3) is 0.267. The maximum Gasteiger partial charge on any atom is 0.330 e. The van der Waals surface area contributed by atoms with Crippen molar-refractivity contribution in [2.45, 2.75) is 44.9 Å². The molecule has 39 heavy (non-hydrogen) atoms. The number of pyridine rings is 2. The fourth-order valence-electron chi connectivity index (χ4n) is 5.14. The summed E-state index contributed by atoms with van der Waals surface area (Å²) in [5, 5.41) is 13.1. The summed E-state index contributed by atoms with van der Waals surface area (Å²) in [5.74, 6) is 0. The van der Waals surface area contributed by atoms with E-state index in [2.05, 4.69) is 22.0 Å². The maximum atomic E-state index is 12.4. The molecule has 6 rings (SSSR count). The van der Waals surface area contributed by atoms with Crippen LogP contribution >= 0.6 is 0 Å². The van der Waals surface area contributed by atoms with E-state index in [4.69, 9.17) is 14.7 Å². The molecule has 9 heteroatoms. The van der Waals surface area contributed by atoms with Crippen LogP contribution in [0.25, 0.3) is 21.8 Å². The van der Waals surface area contributed by atoms with Crippen molar-refractivity contribution in [3.05, 3.63) is 117 Å². The molecule has 3 atom stereocenters. The monoisotopic (exact) mass is 523 g/mol. The lowest BCUT2D eigenvalue weighted by Crippen LogP contribution is -2.37. The summed E-state index contributed by atoms with van der Waals surface area (Å²) in [7, 11) is 0. The highest BCUT2D eigenvalue weighted by molar-refractivity contribution is 5.79. The second-order valence-electron chi connectivity index (χ2n) is 10.1. The molecule has 0 aliphatic carbocycles. The average Bonchev–Trinajstić information content (AvgIpc) is 3.30. The quantitative estimate of drug-likeness (QED) is 0.337. The van der Waals surface area contributed by atoms with E-state index in [1.807, 2.05) is 60.7 Å². The van der Waals surface area contributed by atoms with Crippen LogP contribution in [0.4, 0.5) is 0 Å². The number of rotatable bonds is 7. The number of H-pyrrole nitrogens is 1. The number of fused-ring (bicyclic) bond motifs is 2. The Morgan fingerprint density at radius 1 is 0.923 bits per heavy atom. The molecular formula is C30H29N5O4. The highest BCUT2D eigenvalue weighted by atomic mass is 16.5. The lowest BCUT2D eigenvalue weighted by atomic mass is 10.1. The van der Waals surface area contributed by atoms with Gasteiger partial charge in [-0.1, -0.05) is 48.5 Å². The lowest BCUT2D eigenvalue weighted by Gasteiger charge is -2.26. The number of aliphatic hydroxyl groups excluding tert-OH is 1. The summed E-state index contributed by atoms with van der Waals surface area (Å²) in [6.07, 6.45) is -0.281. The number of nitrogens with one attached hydrogen (secondary N) is 1. The van der Waals surface area contributed by atoms with Crippen molar-refractivity contribution in [1.29, 1.82) is 0 Å². The second kappa shape index (κ2) is 10.5. The van der Waals surface area contributed by atoms with Gasteiger partial charge in [-0.05, 0) is 31.2 Å². The van der Waals surface area contributed by atoms with Crippen LogP contribution in [0.5, 0.6) is 0 Å². The zero-order chi connectivity index (χ0) is 26.9. The van der Waals surface area contributed by atoms with Gasteiger partial charge in [-0.2, -0.15) is 0 Å². The maximum absolute atomic E-state index is 12.4. The average molecular weight is 524 g/mol. The molecule has 0 amide bonds. The molecule has 198 valence electrons. The Hall–Kier alpha value is -4.18. The Morgan fingerprint density at radius 2 is 1.51 bits per heavy atom. The van der Waals surface area contributed by atoms with Gasteiger partial charge < -0.3 is 9.84 Å². The second-order valence-corrected chi connectivity index (χ2v) is 10.1. The predicted molar refractivity (Wildman–Crippen MR) is 148 cm³/mol. The standard InChI is InChI=1S/C30H29N5O4/c1-19-15-35(30(38)33-29(19)37)28-14-26(36)27(39-28)18-34(16-22-12-10-20-6-2-4-8-24(20)31-22)17-23-13-11-21-7-3-5-9-25(21)32-23/h2-13,15,26-28,36H,14,16-18H2,1H3,(H,33,37,38)/t26-,27+,28+/m0/s1. The van der Waals surface area contributed by atoms with Crippen molar-refractivity contribution in [3.63, 3.8) is 0 Å². The molecule has 1 fully saturated rings. The zero-order valence-electron chi connectivity index (χ0n) is 21.5. The van der Waals surface area contributed by atoms with Gasteiger partial charge in [-0.15, -0.1) is 0 Å². The summed E-state index contributed by atoms with van der Waals surface area (Å²) in [6.45, 7) is 3.08. The van der Waals surface area contributed by atoms with Crippen LogP contribution in [0.15, 0.2) is 88.6 Å². The molecule has 1 aliphatic rings. The van der Waals surface area contributed by atoms with E-state index in [1.165, 1.54) is 10.8 Å². The number of ether oxygens (including phenoxy) is 1. The molecule has 4 heterocycles. The van der Waals surface area contributed by atoms with Crippen LogP contribution < -0.4 is 11.2 Å². The van der Waals surface area contributed by atoms with Crippen molar-refractivity contribution in [2.75, 3.05) is 6.54 Å².